The number of rotatable bonds is 9. The predicted molar refractivity (Wildman–Crippen MR) is 122 cm³/mol. The molecule has 168 valence electrons. The smallest absolute Gasteiger partial charge is 0.326 e. The average molecular weight is 455 g/mol. The van der Waals surface area contributed by atoms with Crippen molar-refractivity contribution in [3.05, 3.63) is 71.3 Å². The summed E-state index contributed by atoms with van der Waals surface area (Å²) in [6.45, 7) is 0.431. The molecule has 7 nitrogen and oxygen atoms in total. The van der Waals surface area contributed by atoms with Gasteiger partial charge in [-0.3, -0.25) is 14.4 Å². The zero-order valence-electron chi connectivity index (χ0n) is 17.6. The van der Waals surface area contributed by atoms with Gasteiger partial charge in [0.2, 0.25) is 11.0 Å². The standard InChI is InChI=1S/C24H26N2O5S/c25-19(24(31)32-14-12-21(27)26-13-6-11-20(26)23(29)30)15-17-9-4-5-10-18(17)22(28)16-7-2-1-3-8-16/h1-5,7-10,19-20H,6,11-15,25H2,(H,29,30)/t19-,20-/m0/s1. The quantitative estimate of drug-likeness (QED) is 0.559. The summed E-state index contributed by atoms with van der Waals surface area (Å²) in [6, 6.07) is 14.4. The number of nitrogens with zero attached hydrogens (tertiary/aromatic N) is 1. The Bertz CT molecular complexity index is 995. The van der Waals surface area contributed by atoms with Crippen molar-refractivity contribution < 1.29 is 24.3 Å². The fraction of sp³-hybridized carbons (Fsp3) is 0.333. The third-order valence-corrected chi connectivity index (χ3v) is 6.45. The number of hydrogen-bond acceptors (Lipinski definition) is 6. The molecule has 1 fully saturated rings. The van der Waals surface area contributed by atoms with E-state index >= 15 is 0 Å². The third kappa shape index (κ3) is 5.83. The van der Waals surface area contributed by atoms with Gasteiger partial charge >= 0.3 is 5.97 Å². The van der Waals surface area contributed by atoms with E-state index in [1.54, 1.807) is 48.5 Å². The number of likely N-dealkylation sites (tertiary alicyclic amines) is 1. The first kappa shape index (κ1) is 23.7. The summed E-state index contributed by atoms with van der Waals surface area (Å²) >= 11 is 0.967. The van der Waals surface area contributed by atoms with E-state index in [-0.39, 0.29) is 35.4 Å². The SMILES string of the molecule is N[C@@H](Cc1ccccc1C(=O)c1ccccc1)C(=O)SCCC(=O)N1CCC[C@H]1C(=O)O. The monoisotopic (exact) mass is 454 g/mol. The molecule has 0 spiro atoms. The van der Waals surface area contributed by atoms with E-state index in [1.807, 2.05) is 6.07 Å². The molecule has 1 aliphatic rings. The van der Waals surface area contributed by atoms with Crippen molar-refractivity contribution in [2.75, 3.05) is 12.3 Å². The minimum Gasteiger partial charge on any atom is -0.480 e. The molecule has 2 atom stereocenters. The molecule has 3 rings (SSSR count). The lowest BCUT2D eigenvalue weighted by Gasteiger charge is -2.21. The van der Waals surface area contributed by atoms with Crippen LogP contribution in [-0.2, 0) is 20.8 Å². The van der Waals surface area contributed by atoms with Gasteiger partial charge < -0.3 is 15.7 Å². The highest BCUT2D eigenvalue weighted by atomic mass is 32.2. The molecule has 8 heteroatoms. The van der Waals surface area contributed by atoms with Crippen LogP contribution in [0.4, 0.5) is 0 Å². The largest absolute Gasteiger partial charge is 0.480 e. The number of amides is 1. The Morgan fingerprint density at radius 2 is 1.75 bits per heavy atom. The average Bonchev–Trinajstić information content (AvgIpc) is 3.30. The van der Waals surface area contributed by atoms with Gasteiger partial charge in [-0.2, -0.15) is 0 Å². The van der Waals surface area contributed by atoms with Gasteiger partial charge in [0.25, 0.3) is 0 Å². The Balaban J connectivity index is 1.55. The predicted octanol–water partition coefficient (Wildman–Crippen LogP) is 2.51. The van der Waals surface area contributed by atoms with E-state index in [4.69, 9.17) is 5.73 Å². The number of aliphatic carboxylic acids is 1. The number of carbonyl (C=O) groups is 4. The van der Waals surface area contributed by atoms with Crippen LogP contribution in [0.1, 0.15) is 40.7 Å². The number of nitrogens with two attached hydrogens (primary N) is 1. The van der Waals surface area contributed by atoms with Gasteiger partial charge in [0, 0.05) is 29.8 Å². The molecular formula is C24H26N2O5S. The maximum atomic E-state index is 12.9. The zero-order valence-corrected chi connectivity index (χ0v) is 18.4. The van der Waals surface area contributed by atoms with Crippen LogP contribution in [0, 0.1) is 0 Å². The highest BCUT2D eigenvalue weighted by molar-refractivity contribution is 8.13. The number of carbonyl (C=O) groups excluding carboxylic acids is 3. The lowest BCUT2D eigenvalue weighted by Crippen LogP contribution is -2.40. The molecule has 2 aromatic carbocycles. The molecule has 0 aliphatic carbocycles. The lowest BCUT2D eigenvalue weighted by atomic mass is 9.95. The van der Waals surface area contributed by atoms with Crippen molar-refractivity contribution in [3.8, 4) is 0 Å². The van der Waals surface area contributed by atoms with Crippen molar-refractivity contribution in [1.29, 1.82) is 0 Å². The second-order valence-electron chi connectivity index (χ2n) is 7.66. The lowest BCUT2D eigenvalue weighted by molar-refractivity contribution is -0.148. The van der Waals surface area contributed by atoms with E-state index in [0.717, 1.165) is 11.8 Å². The summed E-state index contributed by atoms with van der Waals surface area (Å²) in [7, 11) is 0. The Morgan fingerprint density at radius 1 is 1.06 bits per heavy atom. The van der Waals surface area contributed by atoms with Gasteiger partial charge in [-0.25, -0.2) is 4.79 Å². The van der Waals surface area contributed by atoms with Gasteiger partial charge in [-0.15, -0.1) is 0 Å². The van der Waals surface area contributed by atoms with Crippen molar-refractivity contribution in [1.82, 2.24) is 4.90 Å². The van der Waals surface area contributed by atoms with Crippen LogP contribution in [0.2, 0.25) is 0 Å². The summed E-state index contributed by atoms with van der Waals surface area (Å²) in [4.78, 5) is 50.3. The second-order valence-corrected chi connectivity index (χ2v) is 8.76. The number of thioether (sulfide) groups is 1. The van der Waals surface area contributed by atoms with Crippen molar-refractivity contribution in [2.24, 2.45) is 5.73 Å². The van der Waals surface area contributed by atoms with Crippen LogP contribution >= 0.6 is 11.8 Å². The van der Waals surface area contributed by atoms with E-state index < -0.39 is 18.1 Å². The molecule has 1 heterocycles. The van der Waals surface area contributed by atoms with E-state index in [1.165, 1.54) is 4.90 Å². The highest BCUT2D eigenvalue weighted by Crippen LogP contribution is 2.21. The Labute approximate surface area is 191 Å². The normalized spacial score (nSPS) is 16.5. The summed E-state index contributed by atoms with van der Waals surface area (Å²) in [5.74, 6) is -1.15. The van der Waals surface area contributed by atoms with Crippen LogP contribution in [0.25, 0.3) is 0 Å². The molecular weight excluding hydrogens is 428 g/mol. The van der Waals surface area contributed by atoms with Crippen LogP contribution < -0.4 is 5.73 Å². The third-order valence-electron chi connectivity index (χ3n) is 5.46. The van der Waals surface area contributed by atoms with Crippen molar-refractivity contribution in [3.63, 3.8) is 0 Å². The van der Waals surface area contributed by atoms with E-state index in [2.05, 4.69) is 0 Å². The molecule has 1 aliphatic heterocycles. The molecule has 3 N–H and O–H groups in total. The zero-order chi connectivity index (χ0) is 23.1. The number of carboxylic acids is 1. The van der Waals surface area contributed by atoms with Gasteiger partial charge in [0.15, 0.2) is 5.78 Å². The number of ketones is 1. The maximum absolute atomic E-state index is 12.9. The fourth-order valence-electron chi connectivity index (χ4n) is 3.80. The maximum Gasteiger partial charge on any atom is 0.326 e. The fourth-order valence-corrected chi connectivity index (χ4v) is 4.57. The number of benzene rings is 2. The molecule has 0 saturated carbocycles. The van der Waals surface area contributed by atoms with Gasteiger partial charge in [0.1, 0.15) is 6.04 Å². The van der Waals surface area contributed by atoms with Gasteiger partial charge in [-0.05, 0) is 24.8 Å². The Kier molecular flexibility index (Phi) is 8.19. The van der Waals surface area contributed by atoms with Crippen molar-refractivity contribution in [2.45, 2.75) is 37.8 Å². The first-order valence-corrected chi connectivity index (χ1v) is 11.5. The van der Waals surface area contributed by atoms with Crippen LogP contribution in [0.5, 0.6) is 0 Å². The first-order valence-electron chi connectivity index (χ1n) is 10.5. The number of hydrogen-bond donors (Lipinski definition) is 2. The highest BCUT2D eigenvalue weighted by Gasteiger charge is 2.33. The summed E-state index contributed by atoms with van der Waals surface area (Å²) in [5, 5.41) is 8.93. The van der Waals surface area contributed by atoms with E-state index in [0.29, 0.717) is 36.1 Å². The van der Waals surface area contributed by atoms with Crippen LogP contribution in [0.15, 0.2) is 54.6 Å². The Morgan fingerprint density at radius 3 is 2.47 bits per heavy atom. The van der Waals surface area contributed by atoms with Crippen LogP contribution in [-0.4, -0.2) is 57.2 Å². The molecule has 32 heavy (non-hydrogen) atoms. The minimum absolute atomic E-state index is 0.0794. The topological polar surface area (TPSA) is 118 Å². The molecule has 1 saturated heterocycles. The summed E-state index contributed by atoms with van der Waals surface area (Å²) < 4.78 is 0. The van der Waals surface area contributed by atoms with Gasteiger partial charge in [0.05, 0.1) is 6.04 Å². The molecule has 0 bridgehead atoms. The minimum atomic E-state index is -0.995. The first-order chi connectivity index (χ1) is 15.4. The van der Waals surface area contributed by atoms with E-state index in [9.17, 15) is 24.3 Å². The van der Waals surface area contributed by atoms with Crippen molar-refractivity contribution >= 4 is 34.5 Å². The second kappa shape index (κ2) is 11.1. The summed E-state index contributed by atoms with van der Waals surface area (Å²) in [5.41, 5.74) is 7.87. The van der Waals surface area contributed by atoms with Gasteiger partial charge in [-0.1, -0.05) is 66.4 Å². The van der Waals surface area contributed by atoms with Crippen LogP contribution in [0.3, 0.4) is 0 Å². The summed E-state index contributed by atoms with van der Waals surface area (Å²) in [6.07, 6.45) is 1.41. The number of carboxylic acid groups (broad SMARTS) is 1. The molecule has 0 unspecified atom stereocenters. The molecule has 1 amide bonds. The molecule has 0 radical (unpaired) electrons. The Hall–Kier alpha value is -2.97. The molecule has 0 aromatic heterocycles. The molecule has 2 aromatic rings.